The van der Waals surface area contributed by atoms with Gasteiger partial charge in [-0.1, -0.05) is 20.3 Å². The van der Waals surface area contributed by atoms with E-state index >= 15 is 0 Å². The standard InChI is InChI=1S/C15H24BrN3O/c1-3-4-10(2)14-13(16)15-17-7-5-12(19(15)18-14)11-6-8-20-9-11/h10-12,17H,3-9H2,1-2H3. The fraction of sp³-hybridized carbons (Fsp3) is 0.800. The van der Waals surface area contributed by atoms with E-state index in [1.165, 1.54) is 35.2 Å². The molecule has 3 atom stereocenters. The maximum Gasteiger partial charge on any atom is 0.139 e. The molecule has 1 aromatic rings. The Labute approximate surface area is 129 Å². The fourth-order valence-corrected chi connectivity index (χ4v) is 4.26. The van der Waals surface area contributed by atoms with Crippen molar-refractivity contribution < 1.29 is 4.74 Å². The fourth-order valence-electron chi connectivity index (χ4n) is 3.47. The Morgan fingerprint density at radius 1 is 1.50 bits per heavy atom. The van der Waals surface area contributed by atoms with Crippen molar-refractivity contribution in [3.63, 3.8) is 0 Å². The van der Waals surface area contributed by atoms with Crippen molar-refractivity contribution in [1.29, 1.82) is 0 Å². The molecule has 112 valence electrons. The van der Waals surface area contributed by atoms with Crippen molar-refractivity contribution >= 4 is 21.7 Å². The van der Waals surface area contributed by atoms with Crippen molar-refractivity contribution in [1.82, 2.24) is 9.78 Å². The van der Waals surface area contributed by atoms with Crippen LogP contribution in [0, 0.1) is 5.92 Å². The van der Waals surface area contributed by atoms with E-state index in [0.717, 1.165) is 26.2 Å². The Morgan fingerprint density at radius 2 is 2.35 bits per heavy atom. The van der Waals surface area contributed by atoms with Crippen molar-refractivity contribution in [2.75, 3.05) is 25.1 Å². The van der Waals surface area contributed by atoms with E-state index in [1.54, 1.807) is 0 Å². The van der Waals surface area contributed by atoms with Gasteiger partial charge in [-0.2, -0.15) is 5.10 Å². The molecule has 3 rings (SSSR count). The summed E-state index contributed by atoms with van der Waals surface area (Å²) in [4.78, 5) is 0. The number of anilines is 1. The lowest BCUT2D eigenvalue weighted by Crippen LogP contribution is -2.29. The quantitative estimate of drug-likeness (QED) is 0.901. The number of halogens is 1. The highest BCUT2D eigenvalue weighted by Gasteiger charge is 2.33. The number of nitrogens with one attached hydrogen (secondary N) is 1. The molecule has 5 heteroatoms. The molecule has 0 aromatic carbocycles. The first kappa shape index (κ1) is 14.4. The van der Waals surface area contributed by atoms with Gasteiger partial charge in [0.1, 0.15) is 5.82 Å². The van der Waals surface area contributed by atoms with Gasteiger partial charge in [0.15, 0.2) is 0 Å². The third-order valence-corrected chi connectivity index (χ3v) is 5.40. The predicted octanol–water partition coefficient (Wildman–Crippen LogP) is 3.94. The van der Waals surface area contributed by atoms with Crippen molar-refractivity contribution in [2.45, 2.75) is 51.5 Å². The van der Waals surface area contributed by atoms with Gasteiger partial charge < -0.3 is 10.1 Å². The summed E-state index contributed by atoms with van der Waals surface area (Å²) in [6.07, 6.45) is 4.70. The molecule has 0 aliphatic carbocycles. The first-order valence-electron chi connectivity index (χ1n) is 7.81. The molecule has 0 bridgehead atoms. The summed E-state index contributed by atoms with van der Waals surface area (Å²) >= 11 is 3.77. The van der Waals surface area contributed by atoms with E-state index in [1.807, 2.05) is 0 Å². The molecule has 1 fully saturated rings. The lowest BCUT2D eigenvalue weighted by Gasteiger charge is -2.29. The van der Waals surface area contributed by atoms with Crippen LogP contribution in [0.4, 0.5) is 5.82 Å². The minimum Gasteiger partial charge on any atom is -0.381 e. The highest BCUT2D eigenvalue weighted by atomic mass is 79.9. The average molecular weight is 342 g/mol. The zero-order valence-corrected chi connectivity index (χ0v) is 13.9. The predicted molar refractivity (Wildman–Crippen MR) is 84.3 cm³/mol. The Kier molecular flexibility index (Phi) is 4.36. The minimum atomic E-state index is 0.493. The molecule has 2 aliphatic heterocycles. The topological polar surface area (TPSA) is 39.1 Å². The zero-order valence-electron chi connectivity index (χ0n) is 12.4. The van der Waals surface area contributed by atoms with E-state index < -0.39 is 0 Å². The summed E-state index contributed by atoms with van der Waals surface area (Å²) < 4.78 is 8.97. The molecule has 0 radical (unpaired) electrons. The van der Waals surface area contributed by atoms with Crippen molar-refractivity contribution in [3.05, 3.63) is 10.2 Å². The zero-order chi connectivity index (χ0) is 14.1. The SMILES string of the molecule is CCCC(C)c1nn2c(c1Br)NCCC2C1CCOC1. The largest absolute Gasteiger partial charge is 0.381 e. The van der Waals surface area contributed by atoms with Gasteiger partial charge in [-0.25, -0.2) is 4.68 Å². The molecule has 0 saturated carbocycles. The van der Waals surface area contributed by atoms with Crippen LogP contribution in [0.1, 0.15) is 57.2 Å². The van der Waals surface area contributed by atoms with E-state index in [9.17, 15) is 0 Å². The highest BCUT2D eigenvalue weighted by molar-refractivity contribution is 9.10. The van der Waals surface area contributed by atoms with E-state index in [0.29, 0.717) is 17.9 Å². The van der Waals surface area contributed by atoms with Crippen LogP contribution >= 0.6 is 15.9 Å². The van der Waals surface area contributed by atoms with Crippen LogP contribution in [0.15, 0.2) is 4.47 Å². The van der Waals surface area contributed by atoms with Gasteiger partial charge in [-0.15, -0.1) is 0 Å². The summed E-state index contributed by atoms with van der Waals surface area (Å²) in [5.41, 5.74) is 1.21. The lowest BCUT2D eigenvalue weighted by atomic mass is 9.95. The van der Waals surface area contributed by atoms with Crippen LogP contribution in [0.2, 0.25) is 0 Å². The third-order valence-electron chi connectivity index (χ3n) is 4.62. The summed E-state index contributed by atoms with van der Waals surface area (Å²) in [6, 6.07) is 0.493. The van der Waals surface area contributed by atoms with Crippen LogP contribution < -0.4 is 5.32 Å². The Hall–Kier alpha value is -0.550. The van der Waals surface area contributed by atoms with Gasteiger partial charge >= 0.3 is 0 Å². The van der Waals surface area contributed by atoms with Gasteiger partial charge in [0.05, 0.1) is 22.8 Å². The molecular formula is C15H24BrN3O. The number of hydrogen-bond acceptors (Lipinski definition) is 3. The summed E-state index contributed by atoms with van der Waals surface area (Å²) in [6.45, 7) is 7.34. The van der Waals surface area contributed by atoms with E-state index in [-0.39, 0.29) is 0 Å². The number of rotatable bonds is 4. The molecule has 20 heavy (non-hydrogen) atoms. The van der Waals surface area contributed by atoms with Gasteiger partial charge in [-0.3, -0.25) is 0 Å². The van der Waals surface area contributed by atoms with Crippen LogP contribution in [0.3, 0.4) is 0 Å². The summed E-state index contributed by atoms with van der Waals surface area (Å²) in [5.74, 6) is 2.30. The Bertz CT molecular complexity index is 468. The Morgan fingerprint density at radius 3 is 3.05 bits per heavy atom. The maximum atomic E-state index is 5.58. The van der Waals surface area contributed by atoms with Crippen molar-refractivity contribution in [3.8, 4) is 0 Å². The molecule has 0 spiro atoms. The summed E-state index contributed by atoms with van der Waals surface area (Å²) in [7, 11) is 0. The first-order valence-corrected chi connectivity index (χ1v) is 8.61. The second-order valence-electron chi connectivity index (χ2n) is 6.09. The number of ether oxygens (including phenoxy) is 1. The van der Waals surface area contributed by atoms with Crippen molar-refractivity contribution in [2.24, 2.45) is 5.92 Å². The average Bonchev–Trinajstić information content (AvgIpc) is 3.07. The van der Waals surface area contributed by atoms with Gasteiger partial charge in [0, 0.05) is 25.0 Å². The normalized spacial score (nSPS) is 27.1. The monoisotopic (exact) mass is 341 g/mol. The third kappa shape index (κ3) is 2.50. The maximum absolute atomic E-state index is 5.58. The van der Waals surface area contributed by atoms with Crippen LogP contribution in [-0.2, 0) is 4.74 Å². The molecular weight excluding hydrogens is 318 g/mol. The van der Waals surface area contributed by atoms with Gasteiger partial charge in [0.2, 0.25) is 0 Å². The number of hydrogen-bond donors (Lipinski definition) is 1. The molecule has 4 nitrogen and oxygen atoms in total. The molecule has 1 saturated heterocycles. The van der Waals surface area contributed by atoms with E-state index in [4.69, 9.17) is 9.84 Å². The second-order valence-corrected chi connectivity index (χ2v) is 6.88. The molecule has 1 aromatic heterocycles. The molecule has 0 amide bonds. The lowest BCUT2D eigenvalue weighted by molar-refractivity contribution is 0.167. The highest BCUT2D eigenvalue weighted by Crippen LogP contribution is 2.40. The molecule has 2 aliphatic rings. The Balaban J connectivity index is 1.91. The molecule has 3 heterocycles. The second kappa shape index (κ2) is 6.06. The van der Waals surface area contributed by atoms with Crippen LogP contribution in [-0.4, -0.2) is 29.5 Å². The smallest absolute Gasteiger partial charge is 0.139 e. The summed E-state index contributed by atoms with van der Waals surface area (Å²) in [5, 5.41) is 8.46. The number of fused-ring (bicyclic) bond motifs is 1. The molecule has 3 unspecified atom stereocenters. The van der Waals surface area contributed by atoms with E-state index in [2.05, 4.69) is 39.8 Å². The minimum absolute atomic E-state index is 0.493. The van der Waals surface area contributed by atoms with Crippen LogP contribution in [0.5, 0.6) is 0 Å². The molecule has 1 N–H and O–H groups in total. The van der Waals surface area contributed by atoms with Crippen LogP contribution in [0.25, 0.3) is 0 Å². The first-order chi connectivity index (χ1) is 9.72. The number of nitrogens with zero attached hydrogens (tertiary/aromatic N) is 2. The number of aromatic nitrogens is 2. The van der Waals surface area contributed by atoms with Gasteiger partial charge in [-0.05, 0) is 35.2 Å². The van der Waals surface area contributed by atoms with Gasteiger partial charge in [0.25, 0.3) is 0 Å².